The van der Waals surface area contributed by atoms with Gasteiger partial charge < -0.3 is 11.1 Å². The standard InChI is InChI=1S/C13H14N6/c14-12-13(15-7-9-19-8-3-6-16-19)18-11-5-2-1-4-10(11)17-12/h1-6,8H,7,9H2,(H2,14,17)(H,15,18). The molecule has 0 saturated heterocycles. The normalized spacial score (nSPS) is 10.7. The van der Waals surface area contributed by atoms with E-state index < -0.39 is 0 Å². The van der Waals surface area contributed by atoms with Gasteiger partial charge in [-0.15, -0.1) is 0 Å². The third-order valence-corrected chi connectivity index (χ3v) is 2.79. The van der Waals surface area contributed by atoms with Crippen LogP contribution in [0.25, 0.3) is 11.0 Å². The van der Waals surface area contributed by atoms with Crippen LogP contribution in [0.5, 0.6) is 0 Å². The molecule has 0 spiro atoms. The fourth-order valence-corrected chi connectivity index (χ4v) is 1.87. The number of hydrogen-bond donors (Lipinski definition) is 2. The Balaban J connectivity index is 1.75. The lowest BCUT2D eigenvalue weighted by molar-refractivity contribution is 0.637. The van der Waals surface area contributed by atoms with E-state index in [1.807, 2.05) is 41.2 Å². The number of rotatable bonds is 4. The van der Waals surface area contributed by atoms with Gasteiger partial charge in [0.25, 0.3) is 0 Å². The number of nitrogens with one attached hydrogen (secondary N) is 1. The fourth-order valence-electron chi connectivity index (χ4n) is 1.87. The SMILES string of the molecule is Nc1nc2ccccc2nc1NCCn1cccn1. The molecular formula is C13H14N6. The predicted octanol–water partition coefficient (Wildman–Crippen LogP) is 1.52. The van der Waals surface area contributed by atoms with Gasteiger partial charge in [-0.3, -0.25) is 4.68 Å². The number of fused-ring (bicyclic) bond motifs is 1. The number of aromatic nitrogens is 4. The van der Waals surface area contributed by atoms with Crippen molar-refractivity contribution in [3.8, 4) is 0 Å². The number of anilines is 2. The summed E-state index contributed by atoms with van der Waals surface area (Å²) in [7, 11) is 0. The highest BCUT2D eigenvalue weighted by molar-refractivity contribution is 5.79. The van der Waals surface area contributed by atoms with Gasteiger partial charge in [0.15, 0.2) is 11.6 Å². The minimum atomic E-state index is 0.416. The second-order valence-corrected chi connectivity index (χ2v) is 4.14. The summed E-state index contributed by atoms with van der Waals surface area (Å²) in [6.45, 7) is 1.44. The van der Waals surface area contributed by atoms with Crippen molar-refractivity contribution in [1.82, 2.24) is 19.7 Å². The zero-order valence-electron chi connectivity index (χ0n) is 10.3. The van der Waals surface area contributed by atoms with Crippen molar-refractivity contribution >= 4 is 22.7 Å². The van der Waals surface area contributed by atoms with E-state index in [0.29, 0.717) is 18.2 Å². The Labute approximate surface area is 110 Å². The molecule has 2 heterocycles. The zero-order chi connectivity index (χ0) is 13.1. The molecule has 6 heteroatoms. The summed E-state index contributed by atoms with van der Waals surface area (Å²) in [4.78, 5) is 8.79. The molecule has 0 radical (unpaired) electrons. The van der Waals surface area contributed by atoms with Gasteiger partial charge in [0, 0.05) is 18.9 Å². The zero-order valence-corrected chi connectivity index (χ0v) is 10.3. The second kappa shape index (κ2) is 4.93. The predicted molar refractivity (Wildman–Crippen MR) is 74.7 cm³/mol. The summed E-state index contributed by atoms with van der Waals surface area (Å²) in [5.41, 5.74) is 7.52. The maximum Gasteiger partial charge on any atom is 0.169 e. The number of nitrogens with two attached hydrogens (primary N) is 1. The van der Waals surface area contributed by atoms with Crippen molar-refractivity contribution in [2.45, 2.75) is 6.54 Å². The Hall–Kier alpha value is -2.63. The van der Waals surface area contributed by atoms with Crippen molar-refractivity contribution in [1.29, 1.82) is 0 Å². The Kier molecular flexibility index (Phi) is 2.97. The van der Waals surface area contributed by atoms with Crippen molar-refractivity contribution in [2.75, 3.05) is 17.6 Å². The Morgan fingerprint density at radius 2 is 1.89 bits per heavy atom. The molecule has 0 fully saturated rings. The average Bonchev–Trinajstić information content (AvgIpc) is 2.92. The van der Waals surface area contributed by atoms with Crippen LogP contribution in [0.4, 0.5) is 11.6 Å². The van der Waals surface area contributed by atoms with Crippen LogP contribution in [0, 0.1) is 0 Å². The van der Waals surface area contributed by atoms with Crippen LogP contribution in [0.3, 0.4) is 0 Å². The summed E-state index contributed by atoms with van der Waals surface area (Å²) in [6, 6.07) is 9.55. The quantitative estimate of drug-likeness (QED) is 0.737. The molecular weight excluding hydrogens is 240 g/mol. The number of nitrogen functional groups attached to an aromatic ring is 1. The lowest BCUT2D eigenvalue weighted by atomic mass is 10.3. The van der Waals surface area contributed by atoms with E-state index in [2.05, 4.69) is 20.4 Å². The van der Waals surface area contributed by atoms with Crippen molar-refractivity contribution < 1.29 is 0 Å². The van der Waals surface area contributed by atoms with E-state index in [0.717, 1.165) is 17.6 Å². The molecule has 0 bridgehead atoms. The van der Waals surface area contributed by atoms with Crippen LogP contribution >= 0.6 is 0 Å². The van der Waals surface area contributed by atoms with Crippen LogP contribution in [-0.4, -0.2) is 26.3 Å². The molecule has 6 nitrogen and oxygen atoms in total. The summed E-state index contributed by atoms with van der Waals surface area (Å²) in [5, 5.41) is 7.31. The van der Waals surface area contributed by atoms with E-state index in [9.17, 15) is 0 Å². The third kappa shape index (κ3) is 2.47. The van der Waals surface area contributed by atoms with Crippen molar-refractivity contribution in [3.05, 3.63) is 42.7 Å². The number of benzene rings is 1. The Morgan fingerprint density at radius 3 is 2.63 bits per heavy atom. The Bertz CT molecular complexity index is 677. The minimum absolute atomic E-state index is 0.416. The topological polar surface area (TPSA) is 81.6 Å². The molecule has 19 heavy (non-hydrogen) atoms. The lowest BCUT2D eigenvalue weighted by Gasteiger charge is -2.09. The first-order chi connectivity index (χ1) is 9.33. The number of hydrogen-bond acceptors (Lipinski definition) is 5. The molecule has 0 unspecified atom stereocenters. The summed E-state index contributed by atoms with van der Waals surface area (Å²) >= 11 is 0. The van der Waals surface area contributed by atoms with Gasteiger partial charge in [-0.2, -0.15) is 5.10 Å². The van der Waals surface area contributed by atoms with Gasteiger partial charge in [-0.05, 0) is 18.2 Å². The summed E-state index contributed by atoms with van der Waals surface area (Å²) in [5.74, 6) is 1.03. The van der Waals surface area contributed by atoms with Crippen LogP contribution in [0.15, 0.2) is 42.7 Å². The first kappa shape index (κ1) is 11.5. The van der Waals surface area contributed by atoms with E-state index in [4.69, 9.17) is 5.73 Å². The number of para-hydroxylation sites is 2. The van der Waals surface area contributed by atoms with Crippen LogP contribution in [-0.2, 0) is 6.54 Å². The van der Waals surface area contributed by atoms with Crippen LogP contribution in [0.2, 0.25) is 0 Å². The molecule has 0 aliphatic carbocycles. The van der Waals surface area contributed by atoms with Gasteiger partial charge in [-0.1, -0.05) is 12.1 Å². The smallest absolute Gasteiger partial charge is 0.169 e. The Morgan fingerprint density at radius 1 is 1.11 bits per heavy atom. The molecule has 0 amide bonds. The van der Waals surface area contributed by atoms with Gasteiger partial charge in [0.05, 0.1) is 17.6 Å². The van der Waals surface area contributed by atoms with E-state index in [1.54, 1.807) is 6.20 Å². The first-order valence-electron chi connectivity index (χ1n) is 6.06. The van der Waals surface area contributed by atoms with Gasteiger partial charge in [-0.25, -0.2) is 9.97 Å². The maximum atomic E-state index is 5.89. The lowest BCUT2D eigenvalue weighted by Crippen LogP contribution is -2.13. The highest BCUT2D eigenvalue weighted by Crippen LogP contribution is 2.17. The molecule has 0 saturated carbocycles. The molecule has 1 aromatic carbocycles. The molecule has 96 valence electrons. The molecule has 0 atom stereocenters. The monoisotopic (exact) mass is 254 g/mol. The summed E-state index contributed by atoms with van der Waals surface area (Å²) < 4.78 is 1.84. The van der Waals surface area contributed by atoms with Crippen LogP contribution in [0.1, 0.15) is 0 Å². The highest BCUT2D eigenvalue weighted by atomic mass is 15.3. The molecule has 0 aliphatic rings. The van der Waals surface area contributed by atoms with E-state index >= 15 is 0 Å². The molecule has 2 aromatic heterocycles. The molecule has 0 aliphatic heterocycles. The van der Waals surface area contributed by atoms with Gasteiger partial charge in [0.1, 0.15) is 0 Å². The minimum Gasteiger partial charge on any atom is -0.381 e. The first-order valence-corrected chi connectivity index (χ1v) is 6.06. The number of nitrogens with zero attached hydrogens (tertiary/aromatic N) is 4. The maximum absolute atomic E-state index is 5.89. The van der Waals surface area contributed by atoms with E-state index in [-0.39, 0.29) is 0 Å². The van der Waals surface area contributed by atoms with E-state index in [1.165, 1.54) is 0 Å². The fraction of sp³-hybridized carbons (Fsp3) is 0.154. The highest BCUT2D eigenvalue weighted by Gasteiger charge is 2.04. The van der Waals surface area contributed by atoms with Crippen LogP contribution < -0.4 is 11.1 Å². The second-order valence-electron chi connectivity index (χ2n) is 4.14. The van der Waals surface area contributed by atoms with Gasteiger partial charge >= 0.3 is 0 Å². The molecule has 3 aromatic rings. The average molecular weight is 254 g/mol. The molecule has 3 rings (SSSR count). The largest absolute Gasteiger partial charge is 0.381 e. The van der Waals surface area contributed by atoms with Gasteiger partial charge in [0.2, 0.25) is 0 Å². The summed E-state index contributed by atoms with van der Waals surface area (Å²) in [6.07, 6.45) is 3.67. The van der Waals surface area contributed by atoms with Crippen molar-refractivity contribution in [3.63, 3.8) is 0 Å². The van der Waals surface area contributed by atoms with Crippen molar-refractivity contribution in [2.24, 2.45) is 0 Å². The third-order valence-electron chi connectivity index (χ3n) is 2.79. The molecule has 3 N–H and O–H groups in total.